The van der Waals surface area contributed by atoms with E-state index in [-0.39, 0.29) is 0 Å². The molecule has 2 saturated heterocycles. The third-order valence-corrected chi connectivity index (χ3v) is 6.09. The molecule has 7 heteroatoms. The fraction of sp³-hybridized carbons (Fsp3) is 0.480. The van der Waals surface area contributed by atoms with Gasteiger partial charge in [-0.1, -0.05) is 18.2 Å². The molecule has 0 unspecified atom stereocenters. The van der Waals surface area contributed by atoms with Crippen LogP contribution in [0.25, 0.3) is 0 Å². The molecule has 0 aromatic heterocycles. The van der Waals surface area contributed by atoms with Crippen molar-refractivity contribution >= 4 is 17.3 Å². The Morgan fingerprint density at radius 1 is 0.938 bits per heavy atom. The zero-order valence-electron chi connectivity index (χ0n) is 19.3. The zero-order chi connectivity index (χ0) is 22.2. The molecule has 0 aliphatic carbocycles. The van der Waals surface area contributed by atoms with E-state index >= 15 is 0 Å². The number of guanidine groups is 1. The Balaban J connectivity index is 1.41. The van der Waals surface area contributed by atoms with Crippen molar-refractivity contribution in [3.05, 3.63) is 54.1 Å². The van der Waals surface area contributed by atoms with Crippen molar-refractivity contribution in [2.24, 2.45) is 4.99 Å². The maximum absolute atomic E-state index is 5.53. The third-order valence-electron chi connectivity index (χ3n) is 6.09. The van der Waals surface area contributed by atoms with Crippen LogP contribution in [-0.4, -0.2) is 77.0 Å². The monoisotopic (exact) mass is 437 g/mol. The Morgan fingerprint density at radius 2 is 1.66 bits per heavy atom. The van der Waals surface area contributed by atoms with Gasteiger partial charge in [0.2, 0.25) is 0 Å². The van der Waals surface area contributed by atoms with Crippen molar-refractivity contribution in [3.63, 3.8) is 0 Å². The summed E-state index contributed by atoms with van der Waals surface area (Å²) >= 11 is 0. The molecule has 7 nitrogen and oxygen atoms in total. The molecule has 0 atom stereocenters. The molecule has 2 fully saturated rings. The van der Waals surface area contributed by atoms with Gasteiger partial charge in [0.05, 0.1) is 26.9 Å². The van der Waals surface area contributed by atoms with Gasteiger partial charge in [0.1, 0.15) is 5.75 Å². The minimum Gasteiger partial charge on any atom is -0.497 e. The molecule has 4 rings (SSSR count). The van der Waals surface area contributed by atoms with Crippen molar-refractivity contribution < 1.29 is 9.47 Å². The predicted octanol–water partition coefficient (Wildman–Crippen LogP) is 2.82. The van der Waals surface area contributed by atoms with Crippen LogP contribution in [0.5, 0.6) is 5.75 Å². The molecule has 2 heterocycles. The standard InChI is InChI=1S/C25H35N5O2/c1-3-26-25(27-20-21-6-4-5-7-24(21)29-16-18-32-19-17-29)30-14-12-28(13-15-30)22-8-10-23(31-2)11-9-22/h4-11H,3,12-20H2,1-2H3,(H,26,27). The van der Waals surface area contributed by atoms with E-state index in [0.717, 1.165) is 70.7 Å². The average Bonchev–Trinajstić information content (AvgIpc) is 2.87. The largest absolute Gasteiger partial charge is 0.497 e. The van der Waals surface area contributed by atoms with Crippen molar-refractivity contribution in [1.29, 1.82) is 0 Å². The lowest BCUT2D eigenvalue weighted by Crippen LogP contribution is -2.52. The van der Waals surface area contributed by atoms with Crippen molar-refractivity contribution in [3.8, 4) is 5.75 Å². The Labute approximate surface area is 191 Å². The van der Waals surface area contributed by atoms with E-state index in [4.69, 9.17) is 14.5 Å². The second-order valence-electron chi connectivity index (χ2n) is 8.07. The van der Waals surface area contributed by atoms with E-state index in [1.807, 2.05) is 12.1 Å². The summed E-state index contributed by atoms with van der Waals surface area (Å²) in [5.41, 5.74) is 3.79. The highest BCUT2D eigenvalue weighted by atomic mass is 16.5. The van der Waals surface area contributed by atoms with E-state index in [2.05, 4.69) is 63.3 Å². The molecule has 1 N–H and O–H groups in total. The molecule has 2 aliphatic rings. The van der Waals surface area contributed by atoms with Gasteiger partial charge in [-0.3, -0.25) is 0 Å². The molecule has 172 valence electrons. The number of nitrogens with one attached hydrogen (secondary N) is 1. The number of hydrogen-bond donors (Lipinski definition) is 1. The van der Waals surface area contributed by atoms with E-state index in [1.54, 1.807) is 7.11 Å². The van der Waals surface area contributed by atoms with Crippen molar-refractivity contribution in [1.82, 2.24) is 10.2 Å². The number of morpholine rings is 1. The number of para-hydroxylation sites is 1. The number of rotatable bonds is 6. The first-order valence-electron chi connectivity index (χ1n) is 11.6. The lowest BCUT2D eigenvalue weighted by atomic mass is 10.1. The topological polar surface area (TPSA) is 52.6 Å². The lowest BCUT2D eigenvalue weighted by Gasteiger charge is -2.37. The molecule has 0 saturated carbocycles. The maximum atomic E-state index is 5.53. The fourth-order valence-corrected chi connectivity index (χ4v) is 4.31. The second kappa shape index (κ2) is 11.1. The Kier molecular flexibility index (Phi) is 7.72. The average molecular weight is 438 g/mol. The van der Waals surface area contributed by atoms with Crippen LogP contribution in [0.3, 0.4) is 0 Å². The maximum Gasteiger partial charge on any atom is 0.194 e. The van der Waals surface area contributed by atoms with E-state index < -0.39 is 0 Å². The van der Waals surface area contributed by atoms with Gasteiger partial charge in [-0.25, -0.2) is 4.99 Å². The summed E-state index contributed by atoms with van der Waals surface area (Å²) in [5.74, 6) is 1.89. The smallest absolute Gasteiger partial charge is 0.194 e. The Bertz CT molecular complexity index is 872. The number of anilines is 2. The van der Waals surface area contributed by atoms with Crippen LogP contribution in [0.2, 0.25) is 0 Å². The highest BCUT2D eigenvalue weighted by Crippen LogP contribution is 2.23. The van der Waals surface area contributed by atoms with Gasteiger partial charge in [0.25, 0.3) is 0 Å². The first-order valence-corrected chi connectivity index (χ1v) is 11.6. The highest BCUT2D eigenvalue weighted by Gasteiger charge is 2.20. The van der Waals surface area contributed by atoms with Gasteiger partial charge in [0, 0.05) is 57.2 Å². The van der Waals surface area contributed by atoms with Crippen LogP contribution in [0.15, 0.2) is 53.5 Å². The molecular formula is C25H35N5O2. The lowest BCUT2D eigenvalue weighted by molar-refractivity contribution is 0.122. The van der Waals surface area contributed by atoms with Crippen LogP contribution >= 0.6 is 0 Å². The molecule has 2 aromatic rings. The van der Waals surface area contributed by atoms with Crippen molar-refractivity contribution in [2.45, 2.75) is 13.5 Å². The molecule has 32 heavy (non-hydrogen) atoms. The summed E-state index contributed by atoms with van der Waals surface area (Å²) in [6, 6.07) is 16.9. The van der Waals surface area contributed by atoms with Crippen LogP contribution in [-0.2, 0) is 11.3 Å². The number of methoxy groups -OCH3 is 1. The summed E-state index contributed by atoms with van der Waals surface area (Å²) in [4.78, 5) is 12.2. The summed E-state index contributed by atoms with van der Waals surface area (Å²) in [6.45, 7) is 11.0. The van der Waals surface area contributed by atoms with Crippen molar-refractivity contribution in [2.75, 3.05) is 75.9 Å². The fourth-order valence-electron chi connectivity index (χ4n) is 4.31. The number of piperazine rings is 1. The first-order chi connectivity index (χ1) is 15.8. The van der Waals surface area contributed by atoms with E-state index in [1.165, 1.54) is 16.9 Å². The van der Waals surface area contributed by atoms with Crippen LogP contribution in [0.4, 0.5) is 11.4 Å². The second-order valence-corrected chi connectivity index (χ2v) is 8.07. The molecule has 2 aliphatic heterocycles. The number of hydrogen-bond acceptors (Lipinski definition) is 5. The van der Waals surface area contributed by atoms with Gasteiger partial charge >= 0.3 is 0 Å². The Hall–Kier alpha value is -2.93. The number of nitrogens with zero attached hydrogens (tertiary/aromatic N) is 4. The molecule has 0 spiro atoms. The third kappa shape index (κ3) is 5.46. The minimum atomic E-state index is 0.675. The summed E-state index contributed by atoms with van der Waals surface area (Å²) < 4.78 is 10.8. The van der Waals surface area contributed by atoms with Crippen LogP contribution < -0.4 is 19.9 Å². The first kappa shape index (κ1) is 22.3. The van der Waals surface area contributed by atoms with Gasteiger partial charge in [0.15, 0.2) is 5.96 Å². The van der Waals surface area contributed by atoms with Crippen LogP contribution in [0, 0.1) is 0 Å². The summed E-state index contributed by atoms with van der Waals surface area (Å²) in [6.07, 6.45) is 0. The quantitative estimate of drug-likeness (QED) is 0.554. The van der Waals surface area contributed by atoms with Gasteiger partial charge < -0.3 is 29.5 Å². The predicted molar refractivity (Wildman–Crippen MR) is 131 cm³/mol. The molecule has 0 bridgehead atoms. The minimum absolute atomic E-state index is 0.675. The van der Waals surface area contributed by atoms with E-state index in [0.29, 0.717) is 6.54 Å². The number of benzene rings is 2. The number of aliphatic imine (C=N–C) groups is 1. The molecule has 0 amide bonds. The normalized spacial score (nSPS) is 17.4. The number of ether oxygens (including phenoxy) is 2. The van der Waals surface area contributed by atoms with Gasteiger partial charge in [-0.15, -0.1) is 0 Å². The summed E-state index contributed by atoms with van der Waals surface area (Å²) in [7, 11) is 1.70. The highest BCUT2D eigenvalue weighted by molar-refractivity contribution is 5.80. The SMILES string of the molecule is CCNC(=NCc1ccccc1N1CCOCC1)N1CCN(c2ccc(OC)cc2)CC1. The zero-order valence-corrected chi connectivity index (χ0v) is 19.3. The molecule has 2 aromatic carbocycles. The van der Waals surface area contributed by atoms with Gasteiger partial charge in [-0.2, -0.15) is 0 Å². The summed E-state index contributed by atoms with van der Waals surface area (Å²) in [5, 5.41) is 3.50. The molecular weight excluding hydrogens is 402 g/mol. The molecule has 0 radical (unpaired) electrons. The van der Waals surface area contributed by atoms with E-state index in [9.17, 15) is 0 Å². The van der Waals surface area contributed by atoms with Crippen LogP contribution in [0.1, 0.15) is 12.5 Å². The Morgan fingerprint density at radius 3 is 2.34 bits per heavy atom. The van der Waals surface area contributed by atoms with Gasteiger partial charge in [-0.05, 0) is 42.8 Å².